The highest BCUT2D eigenvalue weighted by atomic mass is 32.7. The maximum Gasteiger partial charge on any atom is 0.269 e. The molecule has 0 N–H and O–H groups in total. The third-order valence-electron chi connectivity index (χ3n) is 0.0333. The molecule has 8 heteroatoms. The molecule has 0 unspecified atom stereocenters. The second-order valence-electron chi connectivity index (χ2n) is 0.163. The third-order valence-corrected chi connectivity index (χ3v) is 2.70. The van der Waals surface area contributed by atoms with Crippen LogP contribution in [0.2, 0.25) is 0 Å². The first-order valence-corrected chi connectivity index (χ1v) is 5.09. The summed E-state index contributed by atoms with van der Waals surface area (Å²) in [6.45, 7) is 0. The highest BCUT2D eigenvalue weighted by Gasteiger charge is 1.39. The van der Waals surface area contributed by atoms with Crippen molar-refractivity contribution in [3.63, 3.8) is 0 Å². The lowest BCUT2D eigenvalue weighted by Gasteiger charge is -1.34. The Labute approximate surface area is 115 Å². The van der Waals surface area contributed by atoms with Crippen molar-refractivity contribution in [1.29, 1.82) is 5.80 Å². The van der Waals surface area contributed by atoms with E-state index in [1.807, 2.05) is 0 Å². The maximum atomic E-state index is 8.75. The van der Waals surface area contributed by atoms with Crippen LogP contribution in [0.1, 0.15) is 52.0 Å². The van der Waals surface area contributed by atoms with Crippen LogP contribution < -0.4 is 0 Å². The highest BCUT2D eigenvalue weighted by molar-refractivity contribution is 8.40. The smallest absolute Gasteiger partial charge is 0.269 e. The quantitative estimate of drug-likeness (QED) is 0.385. The van der Waals surface area contributed by atoms with Crippen LogP contribution in [0.25, 0.3) is 0 Å². The average Bonchev–Trinajstić information content (AvgIpc) is 2.29. The van der Waals surface area contributed by atoms with Crippen LogP contribution in [0.5, 0.6) is 0 Å². The zero-order valence-electron chi connectivity index (χ0n) is 7.22. The van der Waals surface area contributed by atoms with Crippen molar-refractivity contribution in [3.05, 3.63) is 0 Å². The monoisotopic (exact) mass is 326 g/mol. The van der Waals surface area contributed by atoms with Gasteiger partial charge in [-0.15, -0.1) is 0 Å². The SMILES string of the molecule is C.C.C.C.C.C.C.S=PP=S.[3H]F.[3H]F.[3H]F.[3H]F. The molecule has 0 aliphatic rings. The molecule has 0 aliphatic heterocycles. The Morgan fingerprint density at radius 3 is 0.600 bits per heavy atom. The molecule has 0 spiro atoms. The van der Waals surface area contributed by atoms with Gasteiger partial charge in [-0.3, -0.25) is 18.9 Å². The zero-order valence-corrected chi connectivity index (χ0v) is 6.64. The van der Waals surface area contributed by atoms with E-state index in [2.05, 4.69) is 29.4 Å². The molecule has 0 aromatic heterocycles. The van der Waals surface area contributed by atoms with Crippen LogP contribution in [0.3, 0.4) is 0 Å². The second kappa shape index (κ2) is 367. The summed E-state index contributed by atoms with van der Waals surface area (Å²) in [6.07, 6.45) is 0. The van der Waals surface area contributed by atoms with Crippen molar-refractivity contribution in [2.24, 2.45) is 0 Å². The molecular formula is C7H32F4P2S2. The lowest BCUT2D eigenvalue weighted by atomic mass is 12.0. The molecule has 0 amide bonds. The summed E-state index contributed by atoms with van der Waals surface area (Å²) in [5, 5.41) is 0. The fourth-order valence-electron chi connectivity index (χ4n) is 0. The van der Waals surface area contributed by atoms with Gasteiger partial charge in [0.1, 0.15) is 0 Å². The Morgan fingerprint density at radius 1 is 0.533 bits per heavy atom. The van der Waals surface area contributed by atoms with Gasteiger partial charge in [-0.25, -0.2) is 0 Å². The van der Waals surface area contributed by atoms with E-state index in [0.29, 0.717) is 0 Å². The van der Waals surface area contributed by atoms with Crippen molar-refractivity contribution < 1.29 is 18.9 Å². The summed E-state index contributed by atoms with van der Waals surface area (Å²) in [6, 6.07) is 0. The van der Waals surface area contributed by atoms with Crippen LogP contribution in [0, 0.1) is 0 Å². The minimum Gasteiger partial charge on any atom is -0.269 e. The Hall–Kier alpha value is 0.760. The van der Waals surface area contributed by atoms with Gasteiger partial charge in [0, 0.05) is 14.1 Å². The normalized spacial score (nSPS) is 4.27. The van der Waals surface area contributed by atoms with E-state index in [1.165, 1.54) is 0 Å². The molecule has 0 radical (unpaired) electrons. The Morgan fingerprint density at radius 2 is 0.600 bits per heavy atom. The van der Waals surface area contributed by atoms with Gasteiger partial charge in [0.15, 0.2) is 0 Å². The molecule has 0 aromatic carbocycles. The predicted molar refractivity (Wildman–Crippen MR) is 85.7 cm³/mol. The van der Waals surface area contributed by atoms with E-state index >= 15 is 0 Å². The van der Waals surface area contributed by atoms with Gasteiger partial charge in [0.25, 0.3) is 5.80 Å². The van der Waals surface area contributed by atoms with Crippen molar-refractivity contribution in [3.8, 4) is 0 Å². The molecule has 0 heterocycles. The molecule has 0 aliphatic carbocycles. The van der Waals surface area contributed by atoms with Gasteiger partial charge in [0.2, 0.25) is 0 Å². The Bertz CT molecular complexity index is 62.1. The first kappa shape index (κ1) is 57.0. The Kier molecular flexibility index (Phi) is 1390. The molecule has 0 fully saturated rings. The van der Waals surface area contributed by atoms with Crippen molar-refractivity contribution >= 4 is 37.7 Å². The number of rotatable bonds is 1. The van der Waals surface area contributed by atoms with Gasteiger partial charge >= 0.3 is 0 Å². The predicted octanol–water partition coefficient (Wildman–Crippen LogP) is 6.78. The molecule has 0 bridgehead atoms. The maximum absolute atomic E-state index is 8.75. The summed E-state index contributed by atoms with van der Waals surface area (Å²) in [5.74, 6) is 0. The van der Waals surface area contributed by atoms with Gasteiger partial charge in [0.05, 0.1) is 0 Å². The third kappa shape index (κ3) is 776. The van der Waals surface area contributed by atoms with Crippen molar-refractivity contribution in [1.82, 2.24) is 0 Å². The molecule has 0 aromatic rings. The average molecular weight is 326 g/mol. The van der Waals surface area contributed by atoms with E-state index in [9.17, 15) is 0 Å². The van der Waals surface area contributed by atoms with Crippen LogP contribution in [-0.2, 0) is 23.6 Å². The summed E-state index contributed by atoms with van der Waals surface area (Å²) in [7, 11) is 1.74. The summed E-state index contributed by atoms with van der Waals surface area (Å²) in [5.41, 5.74) is 0. The molecule has 0 atom stereocenters. The first-order valence-electron chi connectivity index (χ1n) is 2.08. The molecule has 15 heavy (non-hydrogen) atoms. The van der Waals surface area contributed by atoms with Crippen molar-refractivity contribution in [2.45, 2.75) is 52.0 Å². The molecule has 110 valence electrons. The fraction of sp³-hybridized carbons (Fsp3) is 1.00. The molecule has 0 saturated heterocycles. The highest BCUT2D eigenvalue weighted by Crippen LogP contribution is 2.10. The second-order valence-corrected chi connectivity index (χ2v) is 4.41. The van der Waals surface area contributed by atoms with E-state index in [4.69, 9.17) is 18.9 Å². The van der Waals surface area contributed by atoms with Crippen molar-refractivity contribution in [2.75, 3.05) is 0 Å². The van der Waals surface area contributed by atoms with E-state index in [-0.39, 0.29) is 52.0 Å². The van der Waals surface area contributed by atoms with Gasteiger partial charge < -0.3 is 0 Å². The first-order chi connectivity index (χ1) is 5.91. The molecule has 0 nitrogen and oxygen atoms in total. The van der Waals surface area contributed by atoms with E-state index < -0.39 is 0 Å². The number of halogens is 4. The largest absolute Gasteiger partial charge is 0.269 e. The summed E-state index contributed by atoms with van der Waals surface area (Å²) in [4.78, 5) is 0. The van der Waals surface area contributed by atoms with Gasteiger partial charge in [-0.05, 0) is 23.6 Å². The summed E-state index contributed by atoms with van der Waals surface area (Å²) >= 11 is 8.82. The zero-order chi connectivity index (χ0) is 11.4. The minimum absolute atomic E-state index is 0. The van der Waals surface area contributed by atoms with Crippen LogP contribution in [0.15, 0.2) is 0 Å². The van der Waals surface area contributed by atoms with Gasteiger partial charge in [-0.1, -0.05) is 52.0 Å². The van der Waals surface area contributed by atoms with E-state index in [0.717, 1.165) is 14.1 Å². The summed E-state index contributed by atoms with van der Waals surface area (Å²) < 4.78 is 52.0. The Balaban J connectivity index is -0.00000000305. The molecule has 0 rings (SSSR count). The fourth-order valence-corrected chi connectivity index (χ4v) is 0. The molecular weight excluding hydrogens is 286 g/mol. The van der Waals surface area contributed by atoms with E-state index in [1.54, 1.807) is 0 Å². The topological polar surface area (TPSA) is 0 Å². The van der Waals surface area contributed by atoms with Gasteiger partial charge in [-0.2, -0.15) is 0 Å². The number of hydrogen-bond acceptors (Lipinski definition) is 2. The lowest BCUT2D eigenvalue weighted by molar-refractivity contribution is 1.11. The lowest BCUT2D eigenvalue weighted by Crippen LogP contribution is -0.780. The molecule has 0 saturated carbocycles. The number of hydrogen-bond donors (Lipinski definition) is 0. The standard InChI is InChI=1S/7CH4.4FH.P2S2/c;;;;;;;;;;;3-1-2-4/h7*1H4;4*1H;/i/hT4. The van der Waals surface area contributed by atoms with Crippen LogP contribution >= 0.6 is 14.1 Å². The van der Waals surface area contributed by atoms with Crippen LogP contribution in [-0.4, -0.2) is 5.80 Å². The minimum atomic E-state index is 0. The van der Waals surface area contributed by atoms with Crippen LogP contribution in [0.4, 0.5) is 18.9 Å².